The first-order valence-electron chi connectivity index (χ1n) is 7.34. The summed E-state index contributed by atoms with van der Waals surface area (Å²) in [6.07, 6.45) is 3.79. The van der Waals surface area contributed by atoms with Crippen LogP contribution in [-0.4, -0.2) is 12.7 Å². The smallest absolute Gasteiger partial charge is 0.170 e. The molecule has 0 amide bonds. The molecular weight excluding hydrogens is 246 g/mol. The second kappa shape index (κ2) is 5.75. The molecule has 1 fully saturated rings. The third-order valence-electron chi connectivity index (χ3n) is 4.14. The molecule has 1 atom stereocenters. The largest absolute Gasteiger partial charge is 0.266 e. The molecule has 1 saturated heterocycles. The molecule has 1 heterocycles. The Kier molecular flexibility index (Phi) is 3.83. The molecule has 3 heteroatoms. The van der Waals surface area contributed by atoms with Crippen LogP contribution >= 0.6 is 0 Å². The zero-order valence-electron chi connectivity index (χ0n) is 11.7. The molecule has 1 aliphatic rings. The van der Waals surface area contributed by atoms with E-state index in [1.165, 1.54) is 12.8 Å². The Bertz CT molecular complexity index is 493. The van der Waals surface area contributed by atoms with Crippen molar-refractivity contribution in [2.45, 2.75) is 25.4 Å². The van der Waals surface area contributed by atoms with E-state index in [1.54, 1.807) is 0 Å². The van der Waals surface area contributed by atoms with E-state index >= 15 is 0 Å². The quantitative estimate of drug-likeness (QED) is 0.509. The molecular formula is C17H22N3+. The van der Waals surface area contributed by atoms with Crippen LogP contribution in [0, 0.1) is 0 Å². The maximum atomic E-state index is 6.89. The van der Waals surface area contributed by atoms with E-state index in [1.807, 2.05) is 12.1 Å². The van der Waals surface area contributed by atoms with Crippen LogP contribution in [0.3, 0.4) is 0 Å². The number of piperidine rings is 1. The molecule has 0 aliphatic carbocycles. The van der Waals surface area contributed by atoms with Gasteiger partial charge >= 0.3 is 0 Å². The number of nitrogens with zero attached hydrogens (tertiary/aromatic N) is 1. The number of quaternary nitrogens is 1. The predicted octanol–water partition coefficient (Wildman–Crippen LogP) is 3.30. The summed E-state index contributed by atoms with van der Waals surface area (Å²) in [5.74, 6) is 6.89. The predicted molar refractivity (Wildman–Crippen MR) is 84.2 cm³/mol. The fraction of sp³-hybridized carbons (Fsp3) is 0.294. The van der Waals surface area contributed by atoms with Crippen molar-refractivity contribution in [3.63, 3.8) is 0 Å². The number of para-hydroxylation sites is 2. The van der Waals surface area contributed by atoms with E-state index in [9.17, 15) is 0 Å². The summed E-state index contributed by atoms with van der Waals surface area (Å²) >= 11 is 0. The van der Waals surface area contributed by atoms with Gasteiger partial charge in [0.25, 0.3) is 0 Å². The third-order valence-corrected chi connectivity index (χ3v) is 4.14. The molecule has 3 N–H and O–H groups in total. The highest BCUT2D eigenvalue weighted by Gasteiger charge is 2.39. The molecule has 0 saturated carbocycles. The molecule has 104 valence electrons. The van der Waals surface area contributed by atoms with Crippen LogP contribution < -0.4 is 15.8 Å². The monoisotopic (exact) mass is 268 g/mol. The van der Waals surface area contributed by atoms with Gasteiger partial charge in [-0.1, -0.05) is 36.4 Å². The maximum absolute atomic E-state index is 6.89. The minimum Gasteiger partial charge on any atom is -0.266 e. The molecule has 0 aromatic heterocycles. The highest BCUT2D eigenvalue weighted by molar-refractivity contribution is 5.57. The number of hydrogen-bond acceptors (Lipinski definition) is 2. The molecule has 3 nitrogen and oxygen atoms in total. The van der Waals surface area contributed by atoms with Crippen molar-refractivity contribution in [2.24, 2.45) is 5.84 Å². The van der Waals surface area contributed by atoms with Gasteiger partial charge in [-0.05, 0) is 12.8 Å². The second-order valence-electron chi connectivity index (χ2n) is 5.41. The molecule has 0 radical (unpaired) electrons. The van der Waals surface area contributed by atoms with Crippen molar-refractivity contribution in [2.75, 3.05) is 6.54 Å². The van der Waals surface area contributed by atoms with E-state index in [0.717, 1.165) is 24.3 Å². The van der Waals surface area contributed by atoms with Crippen LogP contribution in [0.25, 0.3) is 0 Å². The minimum atomic E-state index is 0.230. The number of nitrogens with one attached hydrogen (secondary N) is 1. The lowest BCUT2D eigenvalue weighted by Gasteiger charge is -2.41. The minimum absolute atomic E-state index is 0.230. The first kappa shape index (κ1) is 13.3. The summed E-state index contributed by atoms with van der Waals surface area (Å²) in [7, 11) is 0. The van der Waals surface area contributed by atoms with Crippen molar-refractivity contribution in [1.82, 2.24) is 9.91 Å². The van der Waals surface area contributed by atoms with Crippen LogP contribution in [0.15, 0.2) is 60.7 Å². The standard InChI is InChI=1S/C17H22N3/c18-20(15-9-3-1-4-10-15,16-11-5-2-6-12-16)17-13-7-8-14-19-17/h1-6,9-12,17,19H,7-8,13-14,18H2/q+1. The Labute approximate surface area is 120 Å². The zero-order valence-corrected chi connectivity index (χ0v) is 11.7. The van der Waals surface area contributed by atoms with Gasteiger partial charge in [-0.2, -0.15) is 10.4 Å². The number of benzene rings is 2. The zero-order chi connectivity index (χ0) is 13.8. The normalized spacial score (nSPS) is 19.8. The summed E-state index contributed by atoms with van der Waals surface area (Å²) < 4.78 is 0.335. The van der Waals surface area contributed by atoms with Crippen molar-refractivity contribution in [1.29, 1.82) is 0 Å². The summed E-state index contributed by atoms with van der Waals surface area (Å²) in [4.78, 5) is 0. The Morgan fingerprint density at radius 3 is 1.85 bits per heavy atom. The maximum Gasteiger partial charge on any atom is 0.170 e. The van der Waals surface area contributed by atoms with Gasteiger partial charge in [-0.3, -0.25) is 5.32 Å². The SMILES string of the molecule is N[N+](c1ccccc1)(c1ccccc1)C1CCCCN1. The summed E-state index contributed by atoms with van der Waals surface area (Å²) in [6, 6.07) is 20.8. The lowest BCUT2D eigenvalue weighted by Crippen LogP contribution is -2.65. The van der Waals surface area contributed by atoms with E-state index in [0.29, 0.717) is 4.59 Å². The van der Waals surface area contributed by atoms with E-state index < -0.39 is 0 Å². The topological polar surface area (TPSA) is 38.0 Å². The lowest BCUT2D eigenvalue weighted by molar-refractivity contribution is 0.207. The van der Waals surface area contributed by atoms with Gasteiger partial charge in [0.15, 0.2) is 17.5 Å². The first-order valence-corrected chi connectivity index (χ1v) is 7.34. The van der Waals surface area contributed by atoms with Crippen LogP contribution in [0.1, 0.15) is 19.3 Å². The highest BCUT2D eigenvalue weighted by Crippen LogP contribution is 2.34. The fourth-order valence-corrected chi connectivity index (χ4v) is 3.04. The Balaban J connectivity index is 2.07. The molecule has 3 rings (SSSR count). The fourth-order valence-electron chi connectivity index (χ4n) is 3.04. The number of hydrogen-bond donors (Lipinski definition) is 2. The molecule has 0 spiro atoms. The summed E-state index contributed by atoms with van der Waals surface area (Å²) in [5.41, 5.74) is 2.25. The van der Waals surface area contributed by atoms with Crippen molar-refractivity contribution >= 4 is 11.4 Å². The average molecular weight is 268 g/mol. The van der Waals surface area contributed by atoms with Gasteiger partial charge in [-0.25, -0.2) is 0 Å². The molecule has 1 unspecified atom stereocenters. The van der Waals surface area contributed by atoms with Crippen molar-refractivity contribution in [3.05, 3.63) is 60.7 Å². The molecule has 20 heavy (non-hydrogen) atoms. The van der Waals surface area contributed by atoms with Gasteiger partial charge in [0, 0.05) is 37.2 Å². The van der Waals surface area contributed by atoms with Crippen LogP contribution in [0.5, 0.6) is 0 Å². The molecule has 2 aromatic rings. The van der Waals surface area contributed by atoms with Gasteiger partial charge in [0.2, 0.25) is 0 Å². The van der Waals surface area contributed by atoms with E-state index in [4.69, 9.17) is 5.84 Å². The van der Waals surface area contributed by atoms with Crippen LogP contribution in [-0.2, 0) is 0 Å². The van der Waals surface area contributed by atoms with Gasteiger partial charge < -0.3 is 0 Å². The van der Waals surface area contributed by atoms with Gasteiger partial charge in [0.05, 0.1) is 0 Å². The van der Waals surface area contributed by atoms with Crippen molar-refractivity contribution < 1.29 is 0 Å². The Hall–Kier alpha value is -1.68. The average Bonchev–Trinajstić information content (AvgIpc) is 2.56. The van der Waals surface area contributed by atoms with Gasteiger partial charge in [0.1, 0.15) is 0 Å². The lowest BCUT2D eigenvalue weighted by atomic mass is 10.1. The number of nitrogens with two attached hydrogens (primary N) is 1. The first-order chi connectivity index (χ1) is 9.82. The summed E-state index contributed by atoms with van der Waals surface area (Å²) in [5, 5.41) is 3.60. The Morgan fingerprint density at radius 2 is 1.40 bits per heavy atom. The van der Waals surface area contributed by atoms with Crippen molar-refractivity contribution in [3.8, 4) is 0 Å². The van der Waals surface area contributed by atoms with E-state index in [2.05, 4.69) is 53.8 Å². The Morgan fingerprint density at radius 1 is 0.850 bits per heavy atom. The third kappa shape index (κ3) is 2.36. The number of rotatable bonds is 3. The van der Waals surface area contributed by atoms with Gasteiger partial charge in [-0.15, -0.1) is 0 Å². The van der Waals surface area contributed by atoms with Crippen LogP contribution in [0.2, 0.25) is 0 Å². The highest BCUT2D eigenvalue weighted by atomic mass is 15.6. The van der Waals surface area contributed by atoms with E-state index in [-0.39, 0.29) is 6.17 Å². The molecule has 1 aliphatic heterocycles. The second-order valence-corrected chi connectivity index (χ2v) is 5.41. The summed E-state index contributed by atoms with van der Waals surface area (Å²) in [6.45, 7) is 1.04. The molecule has 0 bridgehead atoms. The van der Waals surface area contributed by atoms with Crippen LogP contribution in [0.4, 0.5) is 11.4 Å². The molecule has 2 aromatic carbocycles.